The molecular formula is C16H19BrN4. The maximum absolute atomic E-state index is 4.48. The molecule has 4 nitrogen and oxygen atoms in total. The maximum atomic E-state index is 4.48. The van der Waals surface area contributed by atoms with Crippen LogP contribution in [0.25, 0.3) is 0 Å². The normalized spacial score (nSPS) is 18.0. The molecule has 1 unspecified atom stereocenters. The first-order valence-electron chi connectivity index (χ1n) is 7.25. The maximum Gasteiger partial charge on any atom is 0.128 e. The van der Waals surface area contributed by atoms with Gasteiger partial charge >= 0.3 is 0 Å². The molecule has 2 aromatic heterocycles. The molecular weight excluding hydrogens is 328 g/mol. The predicted octanol–water partition coefficient (Wildman–Crippen LogP) is 3.49. The van der Waals surface area contributed by atoms with Gasteiger partial charge in [-0.05, 0) is 59.5 Å². The summed E-state index contributed by atoms with van der Waals surface area (Å²) in [6.45, 7) is 5.10. The number of halogens is 1. The summed E-state index contributed by atoms with van der Waals surface area (Å²) in [5.41, 5.74) is 1.05. The lowest BCUT2D eigenvalue weighted by molar-refractivity contribution is 0.620. The average Bonchev–Trinajstić information content (AvgIpc) is 2.95. The Hall–Kier alpha value is -1.62. The van der Waals surface area contributed by atoms with Crippen LogP contribution >= 0.6 is 15.9 Å². The van der Waals surface area contributed by atoms with E-state index in [4.69, 9.17) is 0 Å². The van der Waals surface area contributed by atoms with Crippen LogP contribution in [0, 0.1) is 12.8 Å². The van der Waals surface area contributed by atoms with Gasteiger partial charge in [0.25, 0.3) is 0 Å². The van der Waals surface area contributed by atoms with Gasteiger partial charge in [0.05, 0.1) is 0 Å². The van der Waals surface area contributed by atoms with E-state index >= 15 is 0 Å². The highest BCUT2D eigenvalue weighted by molar-refractivity contribution is 9.10. The molecule has 1 fully saturated rings. The number of nitrogens with one attached hydrogen (secondary N) is 1. The van der Waals surface area contributed by atoms with E-state index in [-0.39, 0.29) is 0 Å². The van der Waals surface area contributed by atoms with Crippen molar-refractivity contribution in [3.63, 3.8) is 0 Å². The number of hydrogen-bond donors (Lipinski definition) is 1. The van der Waals surface area contributed by atoms with Crippen LogP contribution in [0.1, 0.15) is 12.1 Å². The first-order chi connectivity index (χ1) is 10.2. The minimum Gasteiger partial charge on any atom is -0.370 e. The van der Waals surface area contributed by atoms with Crippen molar-refractivity contribution in [1.82, 2.24) is 9.97 Å². The first kappa shape index (κ1) is 14.3. The molecule has 21 heavy (non-hydrogen) atoms. The van der Waals surface area contributed by atoms with Crippen molar-refractivity contribution in [1.29, 1.82) is 0 Å². The lowest BCUT2D eigenvalue weighted by Gasteiger charge is -2.17. The highest BCUT2D eigenvalue weighted by atomic mass is 79.9. The lowest BCUT2D eigenvalue weighted by Crippen LogP contribution is -2.23. The zero-order valence-electron chi connectivity index (χ0n) is 12.1. The Labute approximate surface area is 133 Å². The summed E-state index contributed by atoms with van der Waals surface area (Å²) in [5.74, 6) is 2.67. The second kappa shape index (κ2) is 6.43. The van der Waals surface area contributed by atoms with Crippen LogP contribution in [0.3, 0.4) is 0 Å². The number of rotatable bonds is 4. The van der Waals surface area contributed by atoms with Crippen molar-refractivity contribution in [3.05, 3.63) is 46.7 Å². The monoisotopic (exact) mass is 346 g/mol. The standard InChI is InChI=1S/C16H19BrN4/c1-12-3-2-4-15(20-12)18-9-13-7-8-21(11-13)16-6-5-14(17)10-19-16/h2-6,10,13H,7-9,11H2,1H3,(H,18,20). The van der Waals surface area contributed by atoms with Crippen molar-refractivity contribution in [2.24, 2.45) is 5.92 Å². The van der Waals surface area contributed by atoms with E-state index in [2.05, 4.69) is 42.2 Å². The van der Waals surface area contributed by atoms with Crippen molar-refractivity contribution in [3.8, 4) is 0 Å². The minimum atomic E-state index is 0.637. The van der Waals surface area contributed by atoms with E-state index in [0.717, 1.165) is 41.4 Å². The molecule has 2 aromatic rings. The molecule has 1 aliphatic rings. The van der Waals surface area contributed by atoms with Crippen LogP contribution in [0.2, 0.25) is 0 Å². The molecule has 0 amide bonds. The SMILES string of the molecule is Cc1cccc(NCC2CCN(c3ccc(Br)cn3)C2)n1. The fourth-order valence-corrected chi connectivity index (χ4v) is 2.89. The van der Waals surface area contributed by atoms with Gasteiger partial charge in [0.1, 0.15) is 11.6 Å². The topological polar surface area (TPSA) is 41.0 Å². The number of hydrogen-bond acceptors (Lipinski definition) is 4. The fourth-order valence-electron chi connectivity index (χ4n) is 2.65. The number of nitrogens with zero attached hydrogens (tertiary/aromatic N) is 3. The van der Waals surface area contributed by atoms with Gasteiger partial charge in [0.2, 0.25) is 0 Å². The lowest BCUT2D eigenvalue weighted by atomic mass is 10.1. The van der Waals surface area contributed by atoms with Crippen molar-refractivity contribution in [2.75, 3.05) is 29.9 Å². The molecule has 1 aliphatic heterocycles. The highest BCUT2D eigenvalue weighted by Crippen LogP contribution is 2.23. The molecule has 0 spiro atoms. The Morgan fingerprint density at radius 2 is 2.24 bits per heavy atom. The van der Waals surface area contributed by atoms with E-state index in [0.29, 0.717) is 5.92 Å². The molecule has 0 saturated carbocycles. The van der Waals surface area contributed by atoms with Crippen LogP contribution in [0.15, 0.2) is 41.0 Å². The fraction of sp³-hybridized carbons (Fsp3) is 0.375. The summed E-state index contributed by atoms with van der Waals surface area (Å²) < 4.78 is 1.02. The molecule has 3 rings (SSSR count). The molecule has 1 atom stereocenters. The van der Waals surface area contributed by atoms with Crippen LogP contribution in [-0.4, -0.2) is 29.6 Å². The van der Waals surface area contributed by atoms with Crippen LogP contribution in [0.5, 0.6) is 0 Å². The third kappa shape index (κ3) is 3.73. The van der Waals surface area contributed by atoms with Gasteiger partial charge in [-0.25, -0.2) is 9.97 Å². The number of anilines is 2. The Morgan fingerprint density at radius 1 is 1.33 bits per heavy atom. The summed E-state index contributed by atoms with van der Waals surface area (Å²) in [4.78, 5) is 11.3. The van der Waals surface area contributed by atoms with Crippen LogP contribution < -0.4 is 10.2 Å². The zero-order valence-corrected chi connectivity index (χ0v) is 13.7. The summed E-state index contributed by atoms with van der Waals surface area (Å²) in [7, 11) is 0. The Morgan fingerprint density at radius 3 is 3.00 bits per heavy atom. The van der Waals surface area contributed by atoms with Gasteiger partial charge in [-0.3, -0.25) is 0 Å². The molecule has 1 saturated heterocycles. The largest absolute Gasteiger partial charge is 0.370 e. The van der Waals surface area contributed by atoms with Crippen LogP contribution in [-0.2, 0) is 0 Å². The number of aromatic nitrogens is 2. The summed E-state index contributed by atoms with van der Waals surface area (Å²) in [6, 6.07) is 10.2. The van der Waals surface area contributed by atoms with Gasteiger partial charge in [-0.15, -0.1) is 0 Å². The Balaban J connectivity index is 1.54. The molecule has 0 bridgehead atoms. The zero-order chi connectivity index (χ0) is 14.7. The molecule has 110 valence electrons. The third-order valence-electron chi connectivity index (χ3n) is 3.78. The van der Waals surface area contributed by atoms with Gasteiger partial charge in [0, 0.05) is 36.0 Å². The third-order valence-corrected chi connectivity index (χ3v) is 4.25. The van der Waals surface area contributed by atoms with Gasteiger partial charge in [0.15, 0.2) is 0 Å². The molecule has 5 heteroatoms. The van der Waals surface area contributed by atoms with E-state index in [1.165, 1.54) is 6.42 Å². The number of pyridine rings is 2. The van der Waals surface area contributed by atoms with E-state index in [1.54, 1.807) is 0 Å². The van der Waals surface area contributed by atoms with Crippen molar-refractivity contribution in [2.45, 2.75) is 13.3 Å². The average molecular weight is 347 g/mol. The summed E-state index contributed by atoms with van der Waals surface area (Å²) in [5, 5.41) is 3.44. The van der Waals surface area contributed by atoms with Gasteiger partial charge in [-0.2, -0.15) is 0 Å². The molecule has 0 aromatic carbocycles. The van der Waals surface area contributed by atoms with E-state index < -0.39 is 0 Å². The van der Waals surface area contributed by atoms with Crippen molar-refractivity contribution >= 4 is 27.6 Å². The second-order valence-corrected chi connectivity index (χ2v) is 6.40. The predicted molar refractivity (Wildman–Crippen MR) is 89.7 cm³/mol. The molecule has 0 aliphatic carbocycles. The number of aryl methyl sites for hydroxylation is 1. The summed E-state index contributed by atoms with van der Waals surface area (Å²) >= 11 is 3.42. The van der Waals surface area contributed by atoms with E-state index in [1.807, 2.05) is 37.4 Å². The smallest absolute Gasteiger partial charge is 0.128 e. The first-order valence-corrected chi connectivity index (χ1v) is 8.04. The second-order valence-electron chi connectivity index (χ2n) is 5.48. The summed E-state index contributed by atoms with van der Waals surface area (Å²) in [6.07, 6.45) is 3.05. The van der Waals surface area contributed by atoms with Gasteiger partial charge < -0.3 is 10.2 Å². The quantitative estimate of drug-likeness (QED) is 0.919. The van der Waals surface area contributed by atoms with Gasteiger partial charge in [-0.1, -0.05) is 6.07 Å². The molecule has 3 heterocycles. The minimum absolute atomic E-state index is 0.637. The molecule has 0 radical (unpaired) electrons. The Kier molecular flexibility index (Phi) is 4.39. The molecule has 1 N–H and O–H groups in total. The highest BCUT2D eigenvalue weighted by Gasteiger charge is 2.23. The van der Waals surface area contributed by atoms with Crippen molar-refractivity contribution < 1.29 is 0 Å². The van der Waals surface area contributed by atoms with Crippen LogP contribution in [0.4, 0.5) is 11.6 Å². The van der Waals surface area contributed by atoms with E-state index in [9.17, 15) is 0 Å². The Bertz CT molecular complexity index is 599.